The van der Waals surface area contributed by atoms with Gasteiger partial charge >= 0.3 is 0 Å². The van der Waals surface area contributed by atoms with E-state index < -0.39 is 0 Å². The monoisotopic (exact) mass is 266 g/mol. The molecular weight excluding hydrogens is 248 g/mol. The molecular formula is C16H18N4. The third kappa shape index (κ3) is 2.30. The van der Waals surface area contributed by atoms with Crippen molar-refractivity contribution in [2.24, 2.45) is 5.73 Å². The van der Waals surface area contributed by atoms with Gasteiger partial charge in [0, 0.05) is 29.9 Å². The van der Waals surface area contributed by atoms with E-state index in [-0.39, 0.29) is 6.04 Å². The van der Waals surface area contributed by atoms with Gasteiger partial charge in [-0.25, -0.2) is 0 Å². The number of nitrogens with zero attached hydrogens (tertiary/aromatic N) is 3. The van der Waals surface area contributed by atoms with E-state index in [2.05, 4.69) is 29.1 Å². The zero-order valence-electron chi connectivity index (χ0n) is 11.5. The number of aryl methyl sites for hydroxylation is 1. The molecule has 2 heterocycles. The first-order valence-corrected chi connectivity index (χ1v) is 6.91. The molecule has 0 aliphatic carbocycles. The van der Waals surface area contributed by atoms with Gasteiger partial charge in [0.1, 0.15) is 0 Å². The van der Waals surface area contributed by atoms with Crippen LogP contribution in [0.15, 0.2) is 48.9 Å². The van der Waals surface area contributed by atoms with Crippen molar-refractivity contribution >= 4 is 10.9 Å². The summed E-state index contributed by atoms with van der Waals surface area (Å²) in [4.78, 5) is 4.38. The fourth-order valence-electron chi connectivity index (χ4n) is 2.47. The molecule has 0 amide bonds. The lowest BCUT2D eigenvalue weighted by Crippen LogP contribution is -2.11. The summed E-state index contributed by atoms with van der Waals surface area (Å²) >= 11 is 0. The van der Waals surface area contributed by atoms with Crippen molar-refractivity contribution in [1.29, 1.82) is 0 Å². The van der Waals surface area contributed by atoms with Crippen LogP contribution in [-0.4, -0.2) is 14.8 Å². The van der Waals surface area contributed by atoms with Gasteiger partial charge in [-0.15, -0.1) is 0 Å². The first-order chi connectivity index (χ1) is 9.79. The van der Waals surface area contributed by atoms with Crippen LogP contribution in [0.4, 0.5) is 0 Å². The van der Waals surface area contributed by atoms with E-state index >= 15 is 0 Å². The summed E-state index contributed by atoms with van der Waals surface area (Å²) in [7, 11) is 0. The van der Waals surface area contributed by atoms with E-state index in [0.29, 0.717) is 0 Å². The van der Waals surface area contributed by atoms with Gasteiger partial charge in [-0.05, 0) is 24.1 Å². The number of pyridine rings is 1. The predicted octanol–water partition coefficient (Wildman–Crippen LogP) is 2.89. The molecule has 1 aromatic carbocycles. The highest BCUT2D eigenvalue weighted by Crippen LogP contribution is 2.26. The topological polar surface area (TPSA) is 56.7 Å². The van der Waals surface area contributed by atoms with Crippen LogP contribution in [0.2, 0.25) is 0 Å². The number of fused-ring (bicyclic) bond motifs is 1. The van der Waals surface area contributed by atoms with E-state index in [0.717, 1.165) is 35.0 Å². The molecule has 3 rings (SSSR count). The van der Waals surface area contributed by atoms with Crippen molar-refractivity contribution in [3.05, 3.63) is 60.0 Å². The lowest BCUT2D eigenvalue weighted by atomic mass is 9.98. The fraction of sp³-hybridized carbons (Fsp3) is 0.250. The zero-order valence-corrected chi connectivity index (χ0v) is 11.5. The second-order valence-electron chi connectivity index (χ2n) is 4.93. The van der Waals surface area contributed by atoms with E-state index in [4.69, 9.17) is 5.73 Å². The summed E-state index contributed by atoms with van der Waals surface area (Å²) in [5.74, 6) is 0. The molecule has 1 atom stereocenters. The first kappa shape index (κ1) is 12.8. The SMILES string of the molecule is CCCn1cc(C(N)c2cccc3ncccc23)cn1. The standard InChI is InChI=1S/C16H18N4/c1-2-9-20-11-12(10-19-20)16(17)14-5-3-7-15-13(14)6-4-8-18-15/h3-8,10-11,16H,2,9,17H2,1H3. The lowest BCUT2D eigenvalue weighted by molar-refractivity contribution is 0.602. The average molecular weight is 266 g/mol. The summed E-state index contributed by atoms with van der Waals surface area (Å²) < 4.78 is 1.94. The minimum absolute atomic E-state index is 0.173. The van der Waals surface area contributed by atoms with E-state index in [1.54, 1.807) is 6.20 Å². The van der Waals surface area contributed by atoms with Crippen LogP contribution in [0.3, 0.4) is 0 Å². The molecule has 0 saturated carbocycles. The molecule has 4 heteroatoms. The van der Waals surface area contributed by atoms with Gasteiger partial charge in [-0.2, -0.15) is 5.10 Å². The van der Waals surface area contributed by atoms with Crippen LogP contribution < -0.4 is 5.73 Å². The number of benzene rings is 1. The molecule has 0 bridgehead atoms. The van der Waals surface area contributed by atoms with Crippen molar-refractivity contribution in [3.8, 4) is 0 Å². The molecule has 0 aliphatic heterocycles. The quantitative estimate of drug-likeness (QED) is 0.790. The molecule has 0 aliphatic rings. The van der Waals surface area contributed by atoms with Crippen molar-refractivity contribution in [1.82, 2.24) is 14.8 Å². The summed E-state index contributed by atoms with van der Waals surface area (Å²) in [5, 5.41) is 5.46. The van der Waals surface area contributed by atoms with Crippen LogP contribution in [0, 0.1) is 0 Å². The Morgan fingerprint density at radius 3 is 3.00 bits per heavy atom. The van der Waals surface area contributed by atoms with Crippen LogP contribution >= 0.6 is 0 Å². The maximum absolute atomic E-state index is 6.41. The second kappa shape index (κ2) is 5.43. The summed E-state index contributed by atoms with van der Waals surface area (Å²) in [5.41, 5.74) is 9.51. The van der Waals surface area contributed by atoms with Crippen LogP contribution in [0.5, 0.6) is 0 Å². The zero-order chi connectivity index (χ0) is 13.9. The van der Waals surface area contributed by atoms with E-state index in [1.165, 1.54) is 0 Å². The summed E-state index contributed by atoms with van der Waals surface area (Å²) in [6.07, 6.45) is 6.75. The molecule has 1 unspecified atom stereocenters. The third-order valence-electron chi connectivity index (χ3n) is 3.48. The largest absolute Gasteiger partial charge is 0.320 e. The smallest absolute Gasteiger partial charge is 0.0705 e. The summed E-state index contributed by atoms with van der Waals surface area (Å²) in [6.45, 7) is 3.06. The van der Waals surface area contributed by atoms with Crippen molar-refractivity contribution in [2.75, 3.05) is 0 Å². The first-order valence-electron chi connectivity index (χ1n) is 6.91. The van der Waals surface area contributed by atoms with E-state index in [1.807, 2.05) is 35.3 Å². The Bertz CT molecular complexity index is 712. The highest BCUT2D eigenvalue weighted by molar-refractivity contribution is 5.82. The molecule has 102 valence electrons. The van der Waals surface area contributed by atoms with Crippen LogP contribution in [0.1, 0.15) is 30.5 Å². The minimum atomic E-state index is -0.173. The number of hydrogen-bond donors (Lipinski definition) is 1. The fourth-order valence-corrected chi connectivity index (χ4v) is 2.47. The normalized spacial score (nSPS) is 12.7. The van der Waals surface area contributed by atoms with Gasteiger partial charge in [0.05, 0.1) is 17.8 Å². The van der Waals surface area contributed by atoms with Gasteiger partial charge in [0.2, 0.25) is 0 Å². The maximum atomic E-state index is 6.41. The van der Waals surface area contributed by atoms with Gasteiger partial charge < -0.3 is 5.73 Å². The highest BCUT2D eigenvalue weighted by atomic mass is 15.3. The number of nitrogens with two attached hydrogens (primary N) is 1. The van der Waals surface area contributed by atoms with Crippen LogP contribution in [-0.2, 0) is 6.54 Å². The van der Waals surface area contributed by atoms with Crippen molar-refractivity contribution in [2.45, 2.75) is 25.9 Å². The maximum Gasteiger partial charge on any atom is 0.0705 e. The average Bonchev–Trinajstić information content (AvgIpc) is 2.95. The Hall–Kier alpha value is -2.20. The molecule has 3 aromatic rings. The van der Waals surface area contributed by atoms with Crippen molar-refractivity contribution < 1.29 is 0 Å². The minimum Gasteiger partial charge on any atom is -0.320 e. The molecule has 2 aromatic heterocycles. The van der Waals surface area contributed by atoms with E-state index in [9.17, 15) is 0 Å². The Morgan fingerprint density at radius 2 is 2.15 bits per heavy atom. The van der Waals surface area contributed by atoms with Gasteiger partial charge in [-0.1, -0.05) is 25.1 Å². The molecule has 0 fully saturated rings. The lowest BCUT2D eigenvalue weighted by Gasteiger charge is -2.12. The Labute approximate surface area is 118 Å². The number of aromatic nitrogens is 3. The molecule has 20 heavy (non-hydrogen) atoms. The van der Waals surface area contributed by atoms with Gasteiger partial charge in [0.15, 0.2) is 0 Å². The van der Waals surface area contributed by atoms with Gasteiger partial charge in [0.25, 0.3) is 0 Å². The van der Waals surface area contributed by atoms with Gasteiger partial charge in [-0.3, -0.25) is 9.67 Å². The molecule has 0 saturated heterocycles. The molecule has 2 N–H and O–H groups in total. The predicted molar refractivity (Wildman–Crippen MR) is 80.3 cm³/mol. The number of hydrogen-bond acceptors (Lipinski definition) is 3. The van der Waals surface area contributed by atoms with Crippen LogP contribution in [0.25, 0.3) is 10.9 Å². The Morgan fingerprint density at radius 1 is 1.25 bits per heavy atom. The summed E-state index contributed by atoms with van der Waals surface area (Å²) in [6, 6.07) is 9.90. The number of rotatable bonds is 4. The molecule has 0 spiro atoms. The molecule has 0 radical (unpaired) electrons. The second-order valence-corrected chi connectivity index (χ2v) is 4.93. The highest BCUT2D eigenvalue weighted by Gasteiger charge is 2.14. The molecule has 4 nitrogen and oxygen atoms in total. The third-order valence-corrected chi connectivity index (χ3v) is 3.48. The Kier molecular flexibility index (Phi) is 3.48. The Balaban J connectivity index is 2.01. The van der Waals surface area contributed by atoms with Crippen molar-refractivity contribution in [3.63, 3.8) is 0 Å².